The molecule has 0 aliphatic heterocycles. The van der Waals surface area contributed by atoms with Gasteiger partial charge in [0.2, 0.25) is 0 Å². The first kappa shape index (κ1) is 19.0. The average Bonchev–Trinajstić information content (AvgIpc) is 3.09. The molecule has 154 valence electrons. The number of aromatic nitrogens is 4. The van der Waals surface area contributed by atoms with Crippen molar-refractivity contribution in [1.82, 2.24) is 19.5 Å². The summed E-state index contributed by atoms with van der Waals surface area (Å²) in [7, 11) is 1.81. The zero-order chi connectivity index (χ0) is 21.7. The summed E-state index contributed by atoms with van der Waals surface area (Å²) in [4.78, 5) is 12.6. The molecule has 0 bridgehead atoms. The number of nitrogens with two attached hydrogens (primary N) is 1. The van der Waals surface area contributed by atoms with Crippen LogP contribution in [0.4, 0.5) is 19.0 Å². The van der Waals surface area contributed by atoms with Crippen molar-refractivity contribution in [3.05, 3.63) is 83.8 Å². The maximum atomic E-state index is 15.5. The van der Waals surface area contributed by atoms with Gasteiger partial charge in [-0.2, -0.15) is 0 Å². The number of anilines is 1. The van der Waals surface area contributed by atoms with Gasteiger partial charge >= 0.3 is 0 Å². The van der Waals surface area contributed by atoms with Crippen molar-refractivity contribution < 1.29 is 13.2 Å². The molecule has 0 aliphatic rings. The van der Waals surface area contributed by atoms with Gasteiger partial charge in [0.1, 0.15) is 23.6 Å². The van der Waals surface area contributed by atoms with E-state index in [-0.39, 0.29) is 5.82 Å². The number of hydrogen-bond donors (Lipinski definition) is 1. The number of pyridine rings is 1. The van der Waals surface area contributed by atoms with Gasteiger partial charge in [0.15, 0.2) is 11.6 Å². The van der Waals surface area contributed by atoms with Crippen molar-refractivity contribution in [2.24, 2.45) is 7.05 Å². The Labute approximate surface area is 175 Å². The second kappa shape index (κ2) is 7.09. The Morgan fingerprint density at radius 2 is 1.77 bits per heavy atom. The van der Waals surface area contributed by atoms with Crippen LogP contribution in [0.2, 0.25) is 0 Å². The molecule has 0 fully saturated rings. The summed E-state index contributed by atoms with van der Waals surface area (Å²) in [6.07, 6.45) is 4.89. The Hall–Kier alpha value is -3.94. The first-order valence-corrected chi connectivity index (χ1v) is 9.49. The van der Waals surface area contributed by atoms with Crippen molar-refractivity contribution in [1.29, 1.82) is 0 Å². The van der Waals surface area contributed by atoms with Crippen LogP contribution in [0.15, 0.2) is 55.1 Å². The summed E-state index contributed by atoms with van der Waals surface area (Å²) >= 11 is 0. The van der Waals surface area contributed by atoms with Crippen LogP contribution in [0.3, 0.4) is 0 Å². The molecule has 2 N–H and O–H groups in total. The van der Waals surface area contributed by atoms with Gasteiger partial charge in [-0.1, -0.05) is 18.2 Å². The van der Waals surface area contributed by atoms with Crippen molar-refractivity contribution in [3.63, 3.8) is 0 Å². The zero-order valence-electron chi connectivity index (χ0n) is 16.4. The average molecular weight is 419 g/mol. The Morgan fingerprint density at radius 3 is 2.58 bits per heavy atom. The van der Waals surface area contributed by atoms with Gasteiger partial charge in [-0.05, 0) is 29.1 Å². The molecule has 5 aromatic rings. The van der Waals surface area contributed by atoms with Crippen LogP contribution in [0.5, 0.6) is 0 Å². The lowest BCUT2D eigenvalue weighted by atomic mass is 10.00. The van der Waals surface area contributed by atoms with E-state index >= 15 is 4.39 Å². The number of nitrogens with zero attached hydrogens (tertiary/aromatic N) is 4. The van der Waals surface area contributed by atoms with E-state index in [2.05, 4.69) is 15.0 Å². The fraction of sp³-hybridized carbons (Fsp3) is 0.0870. The fourth-order valence-corrected chi connectivity index (χ4v) is 3.83. The van der Waals surface area contributed by atoms with Crippen LogP contribution < -0.4 is 5.73 Å². The van der Waals surface area contributed by atoms with E-state index in [1.807, 2.05) is 7.05 Å². The molecule has 0 unspecified atom stereocenters. The van der Waals surface area contributed by atoms with Crippen LogP contribution in [0.25, 0.3) is 32.9 Å². The van der Waals surface area contributed by atoms with Crippen LogP contribution >= 0.6 is 0 Å². The number of aryl methyl sites for hydroxylation is 1. The highest BCUT2D eigenvalue weighted by atomic mass is 19.2. The highest BCUT2D eigenvalue weighted by Gasteiger charge is 2.18. The van der Waals surface area contributed by atoms with Crippen molar-refractivity contribution in [2.45, 2.75) is 6.42 Å². The third-order valence-corrected chi connectivity index (χ3v) is 5.34. The van der Waals surface area contributed by atoms with Gasteiger partial charge in [-0.3, -0.25) is 4.98 Å². The van der Waals surface area contributed by atoms with E-state index in [1.54, 1.807) is 29.0 Å². The predicted molar refractivity (Wildman–Crippen MR) is 113 cm³/mol. The summed E-state index contributed by atoms with van der Waals surface area (Å²) in [5.74, 6) is -1.96. The number of nitrogen functional groups attached to an aromatic ring is 1. The fourth-order valence-electron chi connectivity index (χ4n) is 3.83. The Bertz CT molecular complexity index is 1480. The lowest BCUT2D eigenvalue weighted by molar-refractivity contribution is 0.507. The zero-order valence-corrected chi connectivity index (χ0v) is 16.4. The lowest BCUT2D eigenvalue weighted by Gasteiger charge is -2.08. The first-order valence-electron chi connectivity index (χ1n) is 9.49. The molecule has 0 amide bonds. The molecule has 0 aliphatic carbocycles. The summed E-state index contributed by atoms with van der Waals surface area (Å²) in [5, 5.41) is 1.59. The second-order valence-corrected chi connectivity index (χ2v) is 7.36. The smallest absolute Gasteiger partial charge is 0.159 e. The summed E-state index contributed by atoms with van der Waals surface area (Å²) in [6.45, 7) is 0. The topological polar surface area (TPSA) is 69.6 Å². The van der Waals surface area contributed by atoms with Gasteiger partial charge in [-0.15, -0.1) is 0 Å². The number of benzene rings is 2. The molecule has 0 saturated carbocycles. The summed E-state index contributed by atoms with van der Waals surface area (Å²) < 4.78 is 43.8. The predicted octanol–water partition coefficient (Wildman–Crippen LogP) is 4.77. The standard InChI is InChI=1S/C23H16F3N5/c1-31-10-17(20-22(27)29-11-30-23(20)31)15-4-3-13-8-14(28-9-16(13)21(15)26)6-12-2-5-18(24)19(25)7-12/h2-5,7-11H,6H2,1H3,(H2,27,29,30). The van der Waals surface area contributed by atoms with Crippen LogP contribution in [0, 0.1) is 17.5 Å². The highest BCUT2D eigenvalue weighted by Crippen LogP contribution is 2.36. The molecule has 3 aromatic heterocycles. The van der Waals surface area contributed by atoms with Crippen molar-refractivity contribution in [3.8, 4) is 11.1 Å². The van der Waals surface area contributed by atoms with Crippen molar-refractivity contribution >= 4 is 27.6 Å². The number of rotatable bonds is 3. The van der Waals surface area contributed by atoms with Crippen LogP contribution in [-0.2, 0) is 13.5 Å². The van der Waals surface area contributed by atoms with Gasteiger partial charge in [-0.25, -0.2) is 23.1 Å². The second-order valence-electron chi connectivity index (χ2n) is 7.36. The number of hydrogen-bond acceptors (Lipinski definition) is 4. The summed E-state index contributed by atoms with van der Waals surface area (Å²) in [5.41, 5.74) is 8.81. The molecule has 3 heterocycles. The SMILES string of the molecule is Cn1cc(-c2ccc3cc(Cc4ccc(F)c(F)c4)ncc3c2F)c2c(N)ncnc21. The molecule has 8 heteroatoms. The monoisotopic (exact) mass is 419 g/mol. The minimum atomic E-state index is -0.910. The molecule has 31 heavy (non-hydrogen) atoms. The molecule has 0 atom stereocenters. The Kier molecular flexibility index (Phi) is 4.35. The van der Waals surface area contributed by atoms with E-state index < -0.39 is 17.5 Å². The maximum absolute atomic E-state index is 15.5. The molecule has 2 aromatic carbocycles. The Morgan fingerprint density at radius 1 is 0.935 bits per heavy atom. The van der Waals surface area contributed by atoms with E-state index in [4.69, 9.17) is 5.73 Å². The van der Waals surface area contributed by atoms with E-state index in [1.165, 1.54) is 18.6 Å². The van der Waals surface area contributed by atoms with Crippen LogP contribution in [0.1, 0.15) is 11.3 Å². The van der Waals surface area contributed by atoms with Crippen LogP contribution in [-0.4, -0.2) is 19.5 Å². The normalized spacial score (nSPS) is 11.5. The van der Waals surface area contributed by atoms with Crippen molar-refractivity contribution in [2.75, 3.05) is 5.73 Å². The first-order chi connectivity index (χ1) is 14.9. The molecular formula is C23H16F3N5. The molecule has 0 spiro atoms. The third-order valence-electron chi connectivity index (χ3n) is 5.34. The van der Waals surface area contributed by atoms with Gasteiger partial charge < -0.3 is 10.3 Å². The lowest BCUT2D eigenvalue weighted by Crippen LogP contribution is -1.96. The molecule has 5 nitrogen and oxygen atoms in total. The van der Waals surface area contributed by atoms with Gasteiger partial charge in [0.25, 0.3) is 0 Å². The molecule has 5 rings (SSSR count). The number of fused-ring (bicyclic) bond motifs is 2. The third kappa shape index (κ3) is 3.16. The molecular weight excluding hydrogens is 403 g/mol. The minimum absolute atomic E-state index is 0.278. The van der Waals surface area contributed by atoms with Gasteiger partial charge in [0.05, 0.1) is 5.39 Å². The van der Waals surface area contributed by atoms with E-state index in [0.717, 1.165) is 12.1 Å². The molecule has 0 radical (unpaired) electrons. The van der Waals surface area contributed by atoms with Gasteiger partial charge in [0, 0.05) is 48.1 Å². The molecule has 0 saturated heterocycles. The quantitative estimate of drug-likeness (QED) is 0.457. The minimum Gasteiger partial charge on any atom is -0.383 e. The number of halogens is 3. The maximum Gasteiger partial charge on any atom is 0.159 e. The Balaban J connectivity index is 1.58. The van der Waals surface area contributed by atoms with E-state index in [9.17, 15) is 8.78 Å². The highest BCUT2D eigenvalue weighted by molar-refractivity contribution is 6.02. The van der Waals surface area contributed by atoms with E-state index in [0.29, 0.717) is 50.6 Å². The largest absolute Gasteiger partial charge is 0.383 e. The summed E-state index contributed by atoms with van der Waals surface area (Å²) in [6, 6.07) is 8.93.